The molecule has 0 radical (unpaired) electrons. The Balaban J connectivity index is 1.37. The summed E-state index contributed by atoms with van der Waals surface area (Å²) in [7, 11) is 0. The van der Waals surface area contributed by atoms with Crippen molar-refractivity contribution in [3.8, 4) is 11.3 Å². The molecule has 0 unspecified atom stereocenters. The molecule has 4 heteroatoms. The number of aromatic nitrogens is 1. The Morgan fingerprint density at radius 3 is 2.42 bits per heavy atom. The first-order chi connectivity index (χ1) is 12.8. The third kappa shape index (κ3) is 4.02. The lowest BCUT2D eigenvalue weighted by molar-refractivity contribution is -0.132. The van der Waals surface area contributed by atoms with Gasteiger partial charge in [0.05, 0.1) is 6.20 Å². The predicted molar refractivity (Wildman–Crippen MR) is 100 cm³/mol. The SMILES string of the molecule is O=C(CCc1ncc(-c2ccccc2)o1)N(Cc1ccccc1)C1CC1. The van der Waals surface area contributed by atoms with Crippen molar-refractivity contribution in [1.82, 2.24) is 9.88 Å². The zero-order valence-corrected chi connectivity index (χ0v) is 14.7. The molecule has 0 saturated heterocycles. The minimum absolute atomic E-state index is 0.177. The molecule has 1 aliphatic carbocycles. The number of rotatable bonds is 7. The van der Waals surface area contributed by atoms with E-state index >= 15 is 0 Å². The Morgan fingerprint density at radius 2 is 1.73 bits per heavy atom. The molecule has 26 heavy (non-hydrogen) atoms. The maximum absolute atomic E-state index is 12.7. The minimum Gasteiger partial charge on any atom is -0.441 e. The number of aryl methyl sites for hydroxylation is 1. The van der Waals surface area contributed by atoms with Crippen molar-refractivity contribution in [2.45, 2.75) is 38.3 Å². The third-order valence-electron chi connectivity index (χ3n) is 4.67. The highest BCUT2D eigenvalue weighted by atomic mass is 16.4. The molecule has 1 aliphatic rings. The fraction of sp³-hybridized carbons (Fsp3) is 0.273. The first-order valence-corrected chi connectivity index (χ1v) is 9.13. The van der Waals surface area contributed by atoms with Crippen LogP contribution in [0, 0.1) is 0 Å². The van der Waals surface area contributed by atoms with E-state index in [0.717, 1.165) is 24.2 Å². The van der Waals surface area contributed by atoms with E-state index in [2.05, 4.69) is 17.1 Å². The average molecular weight is 346 g/mol. The molecule has 132 valence electrons. The van der Waals surface area contributed by atoms with Crippen LogP contribution in [0.15, 0.2) is 71.3 Å². The number of carbonyl (C=O) groups excluding carboxylic acids is 1. The van der Waals surface area contributed by atoms with Gasteiger partial charge in [0.2, 0.25) is 5.91 Å². The highest BCUT2D eigenvalue weighted by Gasteiger charge is 2.32. The normalized spacial score (nSPS) is 13.5. The minimum atomic E-state index is 0.177. The van der Waals surface area contributed by atoms with Gasteiger partial charge in [-0.1, -0.05) is 60.7 Å². The molecule has 2 aromatic carbocycles. The number of carbonyl (C=O) groups is 1. The number of nitrogens with zero attached hydrogens (tertiary/aromatic N) is 2. The standard InChI is InChI=1S/C22H22N2O2/c25-22(24(19-11-12-19)16-17-7-3-1-4-8-17)14-13-21-23-15-20(26-21)18-9-5-2-6-10-18/h1-10,15,19H,11-14,16H2. The van der Waals surface area contributed by atoms with Gasteiger partial charge in [0, 0.05) is 31.0 Å². The molecule has 4 rings (SSSR count). The number of hydrogen-bond donors (Lipinski definition) is 0. The van der Waals surface area contributed by atoms with Gasteiger partial charge in [0.15, 0.2) is 11.7 Å². The Morgan fingerprint density at radius 1 is 1.04 bits per heavy atom. The van der Waals surface area contributed by atoms with E-state index in [1.165, 1.54) is 5.56 Å². The summed E-state index contributed by atoms with van der Waals surface area (Å²) in [6.07, 6.45) is 4.91. The van der Waals surface area contributed by atoms with Crippen LogP contribution in [-0.2, 0) is 17.8 Å². The predicted octanol–water partition coefficient (Wildman–Crippen LogP) is 4.47. The Hall–Kier alpha value is -2.88. The van der Waals surface area contributed by atoms with Crippen molar-refractivity contribution in [1.29, 1.82) is 0 Å². The number of amides is 1. The molecule has 0 atom stereocenters. The van der Waals surface area contributed by atoms with Crippen molar-refractivity contribution >= 4 is 5.91 Å². The molecule has 1 heterocycles. The van der Waals surface area contributed by atoms with E-state index in [-0.39, 0.29) is 5.91 Å². The summed E-state index contributed by atoms with van der Waals surface area (Å²) < 4.78 is 5.81. The van der Waals surface area contributed by atoms with E-state index in [0.29, 0.717) is 31.3 Å². The van der Waals surface area contributed by atoms with E-state index in [9.17, 15) is 4.79 Å². The smallest absolute Gasteiger partial charge is 0.223 e. The van der Waals surface area contributed by atoms with Gasteiger partial charge in [0.25, 0.3) is 0 Å². The highest BCUT2D eigenvalue weighted by Crippen LogP contribution is 2.29. The fourth-order valence-electron chi connectivity index (χ4n) is 3.11. The summed E-state index contributed by atoms with van der Waals surface area (Å²) in [6, 6.07) is 20.5. The molecule has 3 aromatic rings. The zero-order chi connectivity index (χ0) is 17.8. The molecule has 1 fully saturated rings. The lowest BCUT2D eigenvalue weighted by Crippen LogP contribution is -2.32. The molecular formula is C22H22N2O2. The van der Waals surface area contributed by atoms with Crippen LogP contribution in [-0.4, -0.2) is 21.8 Å². The van der Waals surface area contributed by atoms with Crippen molar-refractivity contribution in [2.75, 3.05) is 0 Å². The van der Waals surface area contributed by atoms with Crippen LogP contribution < -0.4 is 0 Å². The first kappa shape index (κ1) is 16.6. The summed E-state index contributed by atoms with van der Waals surface area (Å²) in [5.74, 6) is 1.54. The first-order valence-electron chi connectivity index (χ1n) is 9.13. The van der Waals surface area contributed by atoms with Gasteiger partial charge in [-0.3, -0.25) is 4.79 Å². The molecule has 0 N–H and O–H groups in total. The largest absolute Gasteiger partial charge is 0.441 e. The topological polar surface area (TPSA) is 46.3 Å². The zero-order valence-electron chi connectivity index (χ0n) is 14.7. The molecule has 4 nitrogen and oxygen atoms in total. The average Bonchev–Trinajstić information content (AvgIpc) is 3.42. The Bertz CT molecular complexity index is 854. The molecule has 0 spiro atoms. The van der Waals surface area contributed by atoms with Crippen LogP contribution in [0.25, 0.3) is 11.3 Å². The summed E-state index contributed by atoms with van der Waals surface area (Å²) in [6.45, 7) is 0.686. The molecule has 1 amide bonds. The molecular weight excluding hydrogens is 324 g/mol. The number of oxazole rings is 1. The molecule has 1 aromatic heterocycles. The maximum atomic E-state index is 12.7. The lowest BCUT2D eigenvalue weighted by Gasteiger charge is -2.22. The van der Waals surface area contributed by atoms with Crippen molar-refractivity contribution < 1.29 is 9.21 Å². The second-order valence-electron chi connectivity index (χ2n) is 6.72. The van der Waals surface area contributed by atoms with Gasteiger partial charge >= 0.3 is 0 Å². The highest BCUT2D eigenvalue weighted by molar-refractivity contribution is 5.77. The van der Waals surface area contributed by atoms with Gasteiger partial charge in [0.1, 0.15) is 0 Å². The van der Waals surface area contributed by atoms with Crippen LogP contribution >= 0.6 is 0 Å². The van der Waals surface area contributed by atoms with Crippen LogP contribution in [0.5, 0.6) is 0 Å². The van der Waals surface area contributed by atoms with Crippen LogP contribution in [0.1, 0.15) is 30.7 Å². The van der Waals surface area contributed by atoms with Crippen LogP contribution in [0.3, 0.4) is 0 Å². The van der Waals surface area contributed by atoms with Gasteiger partial charge in [-0.2, -0.15) is 0 Å². The van der Waals surface area contributed by atoms with Gasteiger partial charge < -0.3 is 9.32 Å². The molecule has 0 bridgehead atoms. The Labute approximate surface area is 153 Å². The van der Waals surface area contributed by atoms with Gasteiger partial charge in [-0.05, 0) is 18.4 Å². The molecule has 1 saturated carbocycles. The van der Waals surface area contributed by atoms with Gasteiger partial charge in [-0.25, -0.2) is 4.98 Å². The van der Waals surface area contributed by atoms with Gasteiger partial charge in [-0.15, -0.1) is 0 Å². The third-order valence-corrected chi connectivity index (χ3v) is 4.67. The van der Waals surface area contributed by atoms with Crippen molar-refractivity contribution in [3.63, 3.8) is 0 Å². The van der Waals surface area contributed by atoms with E-state index < -0.39 is 0 Å². The monoisotopic (exact) mass is 346 g/mol. The van der Waals surface area contributed by atoms with E-state index in [1.807, 2.05) is 53.4 Å². The van der Waals surface area contributed by atoms with Crippen molar-refractivity contribution in [2.24, 2.45) is 0 Å². The van der Waals surface area contributed by atoms with E-state index in [4.69, 9.17) is 4.42 Å². The lowest BCUT2D eigenvalue weighted by atomic mass is 10.2. The Kier molecular flexibility index (Phi) is 4.82. The second-order valence-corrected chi connectivity index (χ2v) is 6.72. The van der Waals surface area contributed by atoms with Crippen molar-refractivity contribution in [3.05, 3.63) is 78.3 Å². The summed E-state index contributed by atoms with van der Waals surface area (Å²) in [5, 5.41) is 0. The summed E-state index contributed by atoms with van der Waals surface area (Å²) >= 11 is 0. The number of hydrogen-bond acceptors (Lipinski definition) is 3. The summed E-state index contributed by atoms with van der Waals surface area (Å²) in [5.41, 5.74) is 2.18. The molecule has 0 aliphatic heterocycles. The van der Waals surface area contributed by atoms with Crippen LogP contribution in [0.2, 0.25) is 0 Å². The summed E-state index contributed by atoms with van der Waals surface area (Å²) in [4.78, 5) is 19.1. The maximum Gasteiger partial charge on any atom is 0.223 e. The quantitative estimate of drug-likeness (QED) is 0.634. The van der Waals surface area contributed by atoms with E-state index in [1.54, 1.807) is 6.20 Å². The number of benzene rings is 2. The fourth-order valence-corrected chi connectivity index (χ4v) is 3.11. The van der Waals surface area contributed by atoms with Crippen LogP contribution in [0.4, 0.5) is 0 Å². The second kappa shape index (κ2) is 7.56.